The van der Waals surface area contributed by atoms with Gasteiger partial charge in [0.2, 0.25) is 0 Å². The van der Waals surface area contributed by atoms with E-state index in [4.69, 9.17) is 0 Å². The average molecular weight is 377 g/mol. The Balaban J connectivity index is 1.55. The lowest BCUT2D eigenvalue weighted by molar-refractivity contribution is 0.0963. The summed E-state index contributed by atoms with van der Waals surface area (Å²) in [6.45, 7) is 2.55. The van der Waals surface area contributed by atoms with E-state index in [0.717, 1.165) is 37.5 Å². The van der Waals surface area contributed by atoms with Crippen LogP contribution in [0, 0.1) is 0 Å². The van der Waals surface area contributed by atoms with Gasteiger partial charge in [-0.3, -0.25) is 9.79 Å². The Morgan fingerprint density at radius 2 is 1.86 bits per heavy atom. The number of piperidine rings is 1. The SMILES string of the molecule is CN=C(NCc1cccc(C(=O)NC)c1)N1CCC(=Cc2ccccc2)CC1. The molecule has 28 heavy (non-hydrogen) atoms. The van der Waals surface area contributed by atoms with E-state index >= 15 is 0 Å². The molecule has 0 aromatic heterocycles. The van der Waals surface area contributed by atoms with E-state index in [1.807, 2.05) is 37.4 Å². The molecule has 5 heteroatoms. The molecule has 0 saturated carbocycles. The number of hydrogen-bond donors (Lipinski definition) is 2. The Morgan fingerprint density at radius 1 is 1.11 bits per heavy atom. The number of rotatable bonds is 4. The smallest absolute Gasteiger partial charge is 0.251 e. The van der Waals surface area contributed by atoms with Gasteiger partial charge in [0.15, 0.2) is 5.96 Å². The Bertz CT molecular complexity index is 848. The molecule has 0 bridgehead atoms. The third-order valence-corrected chi connectivity index (χ3v) is 4.95. The van der Waals surface area contributed by atoms with Gasteiger partial charge in [-0.25, -0.2) is 0 Å². The van der Waals surface area contributed by atoms with Crippen molar-refractivity contribution in [2.24, 2.45) is 4.99 Å². The number of amides is 1. The molecule has 1 aliphatic heterocycles. The Labute approximate surface area is 167 Å². The zero-order valence-corrected chi connectivity index (χ0v) is 16.6. The maximum atomic E-state index is 11.8. The summed E-state index contributed by atoms with van der Waals surface area (Å²) in [5.74, 6) is 0.837. The van der Waals surface area contributed by atoms with Crippen LogP contribution in [0.2, 0.25) is 0 Å². The average Bonchev–Trinajstić information content (AvgIpc) is 2.75. The van der Waals surface area contributed by atoms with Crippen LogP contribution in [0.25, 0.3) is 6.08 Å². The van der Waals surface area contributed by atoms with Crippen molar-refractivity contribution in [3.05, 3.63) is 76.9 Å². The molecule has 0 spiro atoms. The standard InChI is InChI=1S/C23H28N4O/c1-24-22(28)21-10-6-9-20(16-21)17-26-23(25-2)27-13-11-19(12-14-27)15-18-7-4-3-5-8-18/h3-10,15-16H,11-14,17H2,1-2H3,(H,24,28)(H,25,26). The quantitative estimate of drug-likeness (QED) is 0.636. The minimum Gasteiger partial charge on any atom is -0.355 e. The number of carbonyl (C=O) groups excluding carboxylic acids is 1. The summed E-state index contributed by atoms with van der Waals surface area (Å²) in [7, 11) is 3.46. The molecule has 0 unspecified atom stereocenters. The fourth-order valence-electron chi connectivity index (χ4n) is 3.42. The molecule has 146 valence electrons. The normalized spacial score (nSPS) is 14.6. The predicted molar refractivity (Wildman–Crippen MR) is 115 cm³/mol. The third kappa shape index (κ3) is 5.22. The molecule has 2 aromatic carbocycles. The van der Waals surface area contributed by atoms with E-state index < -0.39 is 0 Å². The highest BCUT2D eigenvalue weighted by Crippen LogP contribution is 2.19. The fraction of sp³-hybridized carbons (Fsp3) is 0.304. The van der Waals surface area contributed by atoms with Gasteiger partial charge in [0.05, 0.1) is 0 Å². The molecule has 1 fully saturated rings. The van der Waals surface area contributed by atoms with Gasteiger partial charge in [-0.05, 0) is 36.1 Å². The summed E-state index contributed by atoms with van der Waals surface area (Å²) >= 11 is 0. The molecule has 1 saturated heterocycles. The first-order valence-corrected chi connectivity index (χ1v) is 9.70. The van der Waals surface area contributed by atoms with Crippen LogP contribution in [-0.2, 0) is 6.54 Å². The highest BCUT2D eigenvalue weighted by atomic mass is 16.1. The minimum absolute atomic E-state index is 0.0694. The Morgan fingerprint density at radius 3 is 2.54 bits per heavy atom. The lowest BCUT2D eigenvalue weighted by Gasteiger charge is -2.31. The van der Waals surface area contributed by atoms with E-state index in [1.165, 1.54) is 11.1 Å². The Hall–Kier alpha value is -3.08. The molecule has 0 aliphatic carbocycles. The topological polar surface area (TPSA) is 56.7 Å². The summed E-state index contributed by atoms with van der Waals surface area (Å²) in [6, 6.07) is 18.1. The Kier molecular flexibility index (Phi) is 6.84. The molecule has 1 amide bonds. The molecule has 2 aromatic rings. The van der Waals surface area contributed by atoms with Crippen molar-refractivity contribution in [2.75, 3.05) is 27.2 Å². The molecule has 1 aliphatic rings. The van der Waals surface area contributed by atoms with Crippen LogP contribution in [0.15, 0.2) is 65.2 Å². The third-order valence-electron chi connectivity index (χ3n) is 4.95. The van der Waals surface area contributed by atoms with Gasteiger partial charge in [-0.15, -0.1) is 0 Å². The molecule has 0 atom stereocenters. The van der Waals surface area contributed by atoms with Crippen molar-refractivity contribution in [1.29, 1.82) is 0 Å². The molecular weight excluding hydrogens is 348 g/mol. The maximum absolute atomic E-state index is 11.8. The molecule has 0 radical (unpaired) electrons. The predicted octanol–water partition coefficient (Wildman–Crippen LogP) is 3.30. The summed E-state index contributed by atoms with van der Waals surface area (Å²) in [5, 5.41) is 6.09. The lowest BCUT2D eigenvalue weighted by Crippen LogP contribution is -2.44. The van der Waals surface area contributed by atoms with Gasteiger partial charge in [0.25, 0.3) is 5.91 Å². The van der Waals surface area contributed by atoms with Gasteiger partial charge < -0.3 is 15.5 Å². The minimum atomic E-state index is -0.0694. The van der Waals surface area contributed by atoms with E-state index in [0.29, 0.717) is 12.1 Å². The second kappa shape index (κ2) is 9.74. The van der Waals surface area contributed by atoms with Gasteiger partial charge in [-0.2, -0.15) is 0 Å². The first kappa shape index (κ1) is 19.7. The van der Waals surface area contributed by atoms with Crippen LogP contribution < -0.4 is 10.6 Å². The second-order valence-corrected chi connectivity index (χ2v) is 6.88. The van der Waals surface area contributed by atoms with Gasteiger partial charge in [0.1, 0.15) is 0 Å². The van der Waals surface area contributed by atoms with Crippen molar-refractivity contribution in [1.82, 2.24) is 15.5 Å². The summed E-state index contributed by atoms with van der Waals surface area (Å²) < 4.78 is 0. The van der Waals surface area contributed by atoms with Crippen LogP contribution in [0.1, 0.15) is 34.3 Å². The fourth-order valence-corrected chi connectivity index (χ4v) is 3.42. The number of aliphatic imine (C=N–C) groups is 1. The first-order chi connectivity index (χ1) is 13.7. The summed E-state index contributed by atoms with van der Waals surface area (Å²) in [4.78, 5) is 18.5. The van der Waals surface area contributed by atoms with E-state index in [1.54, 1.807) is 7.05 Å². The highest BCUT2D eigenvalue weighted by Gasteiger charge is 2.17. The first-order valence-electron chi connectivity index (χ1n) is 9.70. The van der Waals surface area contributed by atoms with Crippen molar-refractivity contribution in [3.63, 3.8) is 0 Å². The number of guanidine groups is 1. The van der Waals surface area contributed by atoms with Crippen LogP contribution in [0.3, 0.4) is 0 Å². The van der Waals surface area contributed by atoms with E-state index in [-0.39, 0.29) is 5.91 Å². The van der Waals surface area contributed by atoms with Crippen LogP contribution in [0.4, 0.5) is 0 Å². The van der Waals surface area contributed by atoms with Crippen molar-refractivity contribution < 1.29 is 4.79 Å². The molecule has 5 nitrogen and oxygen atoms in total. The molecule has 1 heterocycles. The number of benzene rings is 2. The van der Waals surface area contributed by atoms with Crippen LogP contribution in [0.5, 0.6) is 0 Å². The van der Waals surface area contributed by atoms with Gasteiger partial charge in [0, 0.05) is 39.3 Å². The van der Waals surface area contributed by atoms with Crippen molar-refractivity contribution in [2.45, 2.75) is 19.4 Å². The van der Waals surface area contributed by atoms with Crippen molar-refractivity contribution >= 4 is 17.9 Å². The molecular formula is C23H28N4O. The van der Waals surface area contributed by atoms with Gasteiger partial charge >= 0.3 is 0 Å². The maximum Gasteiger partial charge on any atom is 0.251 e. The number of hydrogen-bond acceptors (Lipinski definition) is 2. The monoisotopic (exact) mass is 376 g/mol. The summed E-state index contributed by atoms with van der Waals surface area (Å²) in [6.07, 6.45) is 4.39. The number of nitrogens with zero attached hydrogens (tertiary/aromatic N) is 2. The number of likely N-dealkylation sites (tertiary alicyclic amines) is 1. The largest absolute Gasteiger partial charge is 0.355 e. The highest BCUT2D eigenvalue weighted by molar-refractivity contribution is 5.94. The zero-order chi connectivity index (χ0) is 19.8. The van der Waals surface area contributed by atoms with Crippen molar-refractivity contribution in [3.8, 4) is 0 Å². The molecule has 3 rings (SSSR count). The lowest BCUT2D eigenvalue weighted by atomic mass is 10.0. The van der Waals surface area contributed by atoms with Crippen LogP contribution in [-0.4, -0.2) is 44.0 Å². The molecule has 2 N–H and O–H groups in total. The van der Waals surface area contributed by atoms with E-state index in [2.05, 4.69) is 50.9 Å². The van der Waals surface area contributed by atoms with Gasteiger partial charge in [-0.1, -0.05) is 54.1 Å². The zero-order valence-electron chi connectivity index (χ0n) is 16.6. The number of carbonyl (C=O) groups is 1. The number of nitrogens with one attached hydrogen (secondary N) is 2. The van der Waals surface area contributed by atoms with Crippen LogP contribution >= 0.6 is 0 Å². The van der Waals surface area contributed by atoms with E-state index in [9.17, 15) is 4.79 Å². The summed E-state index contributed by atoms with van der Waals surface area (Å²) in [5.41, 5.74) is 4.48. The second-order valence-electron chi connectivity index (χ2n) is 6.88.